The number of ether oxygens (including phenoxy) is 1. The van der Waals surface area contributed by atoms with Crippen LogP contribution in [0, 0.1) is 0 Å². The van der Waals surface area contributed by atoms with Crippen molar-refractivity contribution < 1.29 is 18.7 Å². The van der Waals surface area contributed by atoms with E-state index in [9.17, 15) is 9.59 Å². The third kappa shape index (κ3) is 5.45. The Kier molecular flexibility index (Phi) is 6.32. The highest BCUT2D eigenvalue weighted by Gasteiger charge is 2.15. The number of hydrogen-bond acceptors (Lipinski definition) is 5. The Balaban J connectivity index is 1.49. The molecule has 0 spiro atoms. The minimum atomic E-state index is -0.418. The van der Waals surface area contributed by atoms with E-state index in [0.29, 0.717) is 16.5 Å². The van der Waals surface area contributed by atoms with Crippen LogP contribution in [0.3, 0.4) is 0 Å². The van der Waals surface area contributed by atoms with Crippen molar-refractivity contribution in [2.75, 3.05) is 13.7 Å². The van der Waals surface area contributed by atoms with Crippen LogP contribution in [0.4, 0.5) is 0 Å². The summed E-state index contributed by atoms with van der Waals surface area (Å²) in [5.74, 6) is 0.626. The number of thiophene rings is 1. The summed E-state index contributed by atoms with van der Waals surface area (Å²) in [6.07, 6.45) is 0.170. The maximum absolute atomic E-state index is 12.2. The van der Waals surface area contributed by atoms with Gasteiger partial charge < -0.3 is 14.1 Å². The lowest BCUT2D eigenvalue weighted by atomic mass is 10.2. The Morgan fingerprint density at radius 3 is 2.63 bits per heavy atom. The van der Waals surface area contributed by atoms with Gasteiger partial charge in [-0.3, -0.25) is 9.59 Å². The molecule has 0 fully saturated rings. The normalized spacial score (nSPS) is 10.6. The molecule has 0 unspecified atom stereocenters. The fourth-order valence-corrected chi connectivity index (χ4v) is 3.21. The predicted octanol–water partition coefficient (Wildman–Crippen LogP) is 4.41. The van der Waals surface area contributed by atoms with Gasteiger partial charge in [0, 0.05) is 17.6 Å². The number of carbonyl (C=O) groups is 2. The number of benzene rings is 1. The van der Waals surface area contributed by atoms with E-state index >= 15 is 0 Å². The van der Waals surface area contributed by atoms with E-state index in [2.05, 4.69) is 0 Å². The molecule has 27 heavy (non-hydrogen) atoms. The molecular weight excluding hydrogens is 386 g/mol. The number of hydrogen-bond donors (Lipinski definition) is 0. The first-order valence-electron chi connectivity index (χ1n) is 8.26. The maximum Gasteiger partial charge on any atom is 0.310 e. The second-order valence-corrected chi connectivity index (χ2v) is 7.21. The van der Waals surface area contributed by atoms with Crippen LogP contribution in [0.1, 0.15) is 11.3 Å². The highest BCUT2D eigenvalue weighted by Crippen LogP contribution is 2.24. The van der Waals surface area contributed by atoms with Gasteiger partial charge in [0.1, 0.15) is 11.5 Å². The first kappa shape index (κ1) is 19.2. The first-order chi connectivity index (χ1) is 13.0. The highest BCUT2D eigenvalue weighted by molar-refractivity contribution is 7.08. The fraction of sp³-hybridized carbons (Fsp3) is 0.200. The molecular formula is C20H18ClNO4S. The van der Waals surface area contributed by atoms with Crippen LogP contribution in [-0.2, 0) is 27.3 Å². The molecule has 0 aliphatic heterocycles. The SMILES string of the molecule is CN(Cc1ccc(-c2ccc(Cl)cc2)o1)C(=O)COC(=O)Cc1ccsc1. The quantitative estimate of drug-likeness (QED) is 0.548. The molecule has 0 aliphatic rings. The number of amides is 1. The van der Waals surface area contributed by atoms with Crippen molar-refractivity contribution in [3.05, 3.63) is 69.6 Å². The van der Waals surface area contributed by atoms with E-state index in [1.54, 1.807) is 19.2 Å². The number of esters is 1. The zero-order valence-corrected chi connectivity index (χ0v) is 16.3. The monoisotopic (exact) mass is 403 g/mol. The van der Waals surface area contributed by atoms with E-state index in [1.807, 2.05) is 41.1 Å². The van der Waals surface area contributed by atoms with Crippen LogP contribution in [0.5, 0.6) is 0 Å². The van der Waals surface area contributed by atoms with Gasteiger partial charge in [-0.05, 0) is 58.8 Å². The molecule has 0 radical (unpaired) electrons. The number of likely N-dealkylation sites (N-methyl/N-ethyl adjacent to an activating group) is 1. The lowest BCUT2D eigenvalue weighted by Gasteiger charge is -2.15. The van der Waals surface area contributed by atoms with Gasteiger partial charge in [-0.15, -0.1) is 0 Å². The molecule has 0 saturated carbocycles. The van der Waals surface area contributed by atoms with Crippen molar-refractivity contribution in [1.82, 2.24) is 4.90 Å². The van der Waals surface area contributed by atoms with Crippen LogP contribution < -0.4 is 0 Å². The number of nitrogens with zero attached hydrogens (tertiary/aromatic N) is 1. The number of carbonyl (C=O) groups excluding carboxylic acids is 2. The van der Waals surface area contributed by atoms with E-state index in [0.717, 1.165) is 11.1 Å². The van der Waals surface area contributed by atoms with Gasteiger partial charge in [0.2, 0.25) is 0 Å². The van der Waals surface area contributed by atoms with Gasteiger partial charge >= 0.3 is 5.97 Å². The first-order valence-corrected chi connectivity index (χ1v) is 9.58. The molecule has 3 aromatic rings. The fourth-order valence-electron chi connectivity index (χ4n) is 2.42. The van der Waals surface area contributed by atoms with Crippen molar-refractivity contribution in [2.45, 2.75) is 13.0 Å². The Labute approximate surface area is 166 Å². The van der Waals surface area contributed by atoms with E-state index in [-0.39, 0.29) is 25.5 Å². The largest absolute Gasteiger partial charge is 0.459 e. The second-order valence-electron chi connectivity index (χ2n) is 5.99. The Bertz CT molecular complexity index is 902. The molecule has 1 amide bonds. The Morgan fingerprint density at radius 2 is 1.93 bits per heavy atom. The third-order valence-corrected chi connectivity index (χ3v) is 4.88. The summed E-state index contributed by atoms with van der Waals surface area (Å²) < 4.78 is 10.8. The summed E-state index contributed by atoms with van der Waals surface area (Å²) >= 11 is 7.40. The molecule has 1 aromatic carbocycles. The van der Waals surface area contributed by atoms with Gasteiger partial charge in [-0.25, -0.2) is 0 Å². The number of furan rings is 1. The lowest BCUT2D eigenvalue weighted by molar-refractivity contribution is -0.151. The predicted molar refractivity (Wildman–Crippen MR) is 105 cm³/mol. The molecule has 2 heterocycles. The molecule has 0 saturated heterocycles. The molecule has 0 aliphatic carbocycles. The molecule has 2 aromatic heterocycles. The van der Waals surface area contributed by atoms with Crippen molar-refractivity contribution in [2.24, 2.45) is 0 Å². The minimum absolute atomic E-state index is 0.170. The zero-order chi connectivity index (χ0) is 19.2. The van der Waals surface area contributed by atoms with E-state index < -0.39 is 5.97 Å². The lowest BCUT2D eigenvalue weighted by Crippen LogP contribution is -2.30. The van der Waals surface area contributed by atoms with Gasteiger partial charge in [0.25, 0.3) is 5.91 Å². The topological polar surface area (TPSA) is 59.8 Å². The van der Waals surface area contributed by atoms with Crippen LogP contribution in [0.2, 0.25) is 5.02 Å². The zero-order valence-electron chi connectivity index (χ0n) is 14.7. The van der Waals surface area contributed by atoms with Crippen LogP contribution >= 0.6 is 22.9 Å². The smallest absolute Gasteiger partial charge is 0.310 e. The molecule has 3 rings (SSSR count). The Morgan fingerprint density at radius 1 is 1.15 bits per heavy atom. The average Bonchev–Trinajstić information content (AvgIpc) is 3.32. The molecule has 7 heteroatoms. The summed E-state index contributed by atoms with van der Waals surface area (Å²) in [5, 5.41) is 4.43. The van der Waals surface area contributed by atoms with Crippen molar-refractivity contribution >= 4 is 34.8 Å². The van der Waals surface area contributed by atoms with Gasteiger partial charge in [0.15, 0.2) is 6.61 Å². The molecule has 0 atom stereocenters. The minimum Gasteiger partial charge on any atom is -0.459 e. The summed E-state index contributed by atoms with van der Waals surface area (Å²) in [6, 6.07) is 12.8. The summed E-state index contributed by atoms with van der Waals surface area (Å²) in [7, 11) is 1.64. The van der Waals surface area contributed by atoms with Gasteiger partial charge in [0.05, 0.1) is 13.0 Å². The van der Waals surface area contributed by atoms with Gasteiger partial charge in [-0.1, -0.05) is 11.6 Å². The molecule has 0 N–H and O–H groups in total. The number of rotatable bonds is 7. The molecule has 140 valence electrons. The molecule has 5 nitrogen and oxygen atoms in total. The second kappa shape index (κ2) is 8.88. The van der Waals surface area contributed by atoms with Crippen molar-refractivity contribution in [1.29, 1.82) is 0 Å². The average molecular weight is 404 g/mol. The van der Waals surface area contributed by atoms with E-state index in [1.165, 1.54) is 16.2 Å². The Hall–Kier alpha value is -2.57. The third-order valence-electron chi connectivity index (χ3n) is 3.89. The van der Waals surface area contributed by atoms with Crippen LogP contribution in [0.25, 0.3) is 11.3 Å². The summed E-state index contributed by atoms with van der Waals surface area (Å²) in [4.78, 5) is 25.4. The van der Waals surface area contributed by atoms with Crippen LogP contribution in [0.15, 0.2) is 57.6 Å². The van der Waals surface area contributed by atoms with Crippen molar-refractivity contribution in [3.8, 4) is 11.3 Å². The molecule has 0 bridgehead atoms. The van der Waals surface area contributed by atoms with Crippen molar-refractivity contribution in [3.63, 3.8) is 0 Å². The van der Waals surface area contributed by atoms with E-state index in [4.69, 9.17) is 20.8 Å². The van der Waals surface area contributed by atoms with Crippen LogP contribution in [-0.4, -0.2) is 30.4 Å². The highest BCUT2D eigenvalue weighted by atomic mass is 35.5. The standard InChI is InChI=1S/C20H18ClNO4S/c1-22(19(23)12-25-20(24)10-14-8-9-27-13-14)11-17-6-7-18(26-17)15-2-4-16(21)5-3-15/h2-9,13H,10-12H2,1H3. The summed E-state index contributed by atoms with van der Waals surface area (Å²) in [6.45, 7) is -0.00127. The summed E-state index contributed by atoms with van der Waals surface area (Å²) in [5.41, 5.74) is 1.79. The maximum atomic E-state index is 12.2. The van der Waals surface area contributed by atoms with Gasteiger partial charge in [-0.2, -0.15) is 11.3 Å². The number of halogens is 1.